The van der Waals surface area contributed by atoms with Crippen molar-refractivity contribution in [2.75, 3.05) is 26.2 Å². The van der Waals surface area contributed by atoms with Gasteiger partial charge in [0.15, 0.2) is 0 Å². The Morgan fingerprint density at radius 3 is 2.70 bits per heavy atom. The molecule has 0 radical (unpaired) electrons. The molecule has 3 aromatic rings. The van der Waals surface area contributed by atoms with Crippen molar-refractivity contribution in [3.8, 4) is 10.6 Å². The fraction of sp³-hybridized carbons (Fsp3) is 0.368. The van der Waals surface area contributed by atoms with Crippen molar-refractivity contribution in [2.45, 2.75) is 19.9 Å². The topological polar surface area (TPSA) is 62.2 Å². The molecule has 4 heterocycles. The molecule has 1 amide bonds. The minimum atomic E-state index is 0.0258. The van der Waals surface area contributed by atoms with Gasteiger partial charge in [0.25, 0.3) is 5.91 Å². The predicted octanol–water partition coefficient (Wildman–Crippen LogP) is 3.32. The van der Waals surface area contributed by atoms with Crippen LogP contribution in [0.2, 0.25) is 0 Å². The highest BCUT2D eigenvalue weighted by molar-refractivity contribution is 7.13. The summed E-state index contributed by atoms with van der Waals surface area (Å²) in [5.41, 5.74) is 2.66. The molecular weight excluding hydrogens is 378 g/mol. The van der Waals surface area contributed by atoms with Crippen LogP contribution in [-0.4, -0.2) is 56.8 Å². The third kappa shape index (κ3) is 4.40. The summed E-state index contributed by atoms with van der Waals surface area (Å²) < 4.78 is 0. The summed E-state index contributed by atoms with van der Waals surface area (Å²) >= 11 is 3.19. The highest BCUT2D eigenvalue weighted by Crippen LogP contribution is 2.24. The van der Waals surface area contributed by atoms with E-state index in [-0.39, 0.29) is 5.91 Å². The SMILES string of the molecule is Cc1nc(CN2CCCN(C(=O)c3csc(-c4ccncc4)n3)CC2)cs1. The molecule has 0 atom stereocenters. The highest BCUT2D eigenvalue weighted by Gasteiger charge is 2.22. The molecule has 0 unspecified atom stereocenters. The molecule has 3 aromatic heterocycles. The van der Waals surface area contributed by atoms with Crippen LogP contribution < -0.4 is 0 Å². The number of rotatable bonds is 4. The first-order valence-corrected chi connectivity index (χ1v) is 10.7. The molecule has 4 rings (SSSR count). The van der Waals surface area contributed by atoms with Crippen molar-refractivity contribution in [3.63, 3.8) is 0 Å². The Morgan fingerprint density at radius 2 is 1.93 bits per heavy atom. The van der Waals surface area contributed by atoms with E-state index in [2.05, 4.69) is 25.2 Å². The minimum absolute atomic E-state index is 0.0258. The average molecular weight is 400 g/mol. The summed E-state index contributed by atoms with van der Waals surface area (Å²) in [4.78, 5) is 30.3. The number of pyridine rings is 1. The molecule has 140 valence electrons. The summed E-state index contributed by atoms with van der Waals surface area (Å²) in [5, 5.41) is 5.94. The number of amides is 1. The smallest absolute Gasteiger partial charge is 0.273 e. The standard InChI is InChI=1S/C19H21N5OS2/c1-14-21-16(12-26-14)11-23-7-2-8-24(10-9-23)19(25)17-13-27-18(22-17)15-3-5-20-6-4-15/h3-6,12-13H,2,7-11H2,1H3. The molecule has 0 aliphatic carbocycles. The van der Waals surface area contributed by atoms with Gasteiger partial charge in [0.1, 0.15) is 10.7 Å². The lowest BCUT2D eigenvalue weighted by molar-refractivity contribution is 0.0756. The van der Waals surface area contributed by atoms with Gasteiger partial charge in [-0.1, -0.05) is 0 Å². The number of hydrogen-bond donors (Lipinski definition) is 0. The maximum atomic E-state index is 12.9. The first-order chi connectivity index (χ1) is 13.2. The summed E-state index contributed by atoms with van der Waals surface area (Å²) in [7, 11) is 0. The lowest BCUT2D eigenvalue weighted by atomic mass is 10.3. The summed E-state index contributed by atoms with van der Waals surface area (Å²) in [6.07, 6.45) is 4.45. The van der Waals surface area contributed by atoms with Gasteiger partial charge in [-0.05, 0) is 25.5 Å². The van der Waals surface area contributed by atoms with Gasteiger partial charge in [0.2, 0.25) is 0 Å². The Hall–Kier alpha value is -2.16. The number of aryl methyl sites for hydroxylation is 1. The first kappa shape index (κ1) is 18.2. The fourth-order valence-corrected chi connectivity index (χ4v) is 4.61. The number of hydrogen-bond acceptors (Lipinski definition) is 7. The van der Waals surface area contributed by atoms with Crippen molar-refractivity contribution in [2.24, 2.45) is 0 Å². The molecule has 1 aliphatic rings. The van der Waals surface area contributed by atoms with Crippen LogP contribution in [0.5, 0.6) is 0 Å². The van der Waals surface area contributed by atoms with E-state index in [0.717, 1.165) is 60.4 Å². The van der Waals surface area contributed by atoms with Crippen LogP contribution in [0, 0.1) is 6.92 Å². The zero-order valence-corrected chi connectivity index (χ0v) is 16.8. The van der Waals surface area contributed by atoms with Gasteiger partial charge >= 0.3 is 0 Å². The molecule has 0 aromatic carbocycles. The minimum Gasteiger partial charge on any atom is -0.336 e. The molecule has 1 aliphatic heterocycles. The molecule has 1 fully saturated rings. The average Bonchev–Trinajstić information content (AvgIpc) is 3.27. The second-order valence-corrected chi connectivity index (χ2v) is 8.47. The van der Waals surface area contributed by atoms with Gasteiger partial charge in [-0.2, -0.15) is 0 Å². The number of aromatic nitrogens is 3. The summed E-state index contributed by atoms with van der Waals surface area (Å²) in [6, 6.07) is 3.83. The fourth-order valence-electron chi connectivity index (χ4n) is 3.20. The highest BCUT2D eigenvalue weighted by atomic mass is 32.1. The van der Waals surface area contributed by atoms with Crippen molar-refractivity contribution in [1.82, 2.24) is 24.8 Å². The van der Waals surface area contributed by atoms with E-state index in [4.69, 9.17) is 0 Å². The monoisotopic (exact) mass is 399 g/mol. The quantitative estimate of drug-likeness (QED) is 0.673. The normalized spacial score (nSPS) is 15.7. The lowest BCUT2D eigenvalue weighted by Crippen LogP contribution is -2.35. The number of carbonyl (C=O) groups is 1. The van der Waals surface area contributed by atoms with Crippen LogP contribution in [0.3, 0.4) is 0 Å². The van der Waals surface area contributed by atoms with Gasteiger partial charge < -0.3 is 4.90 Å². The maximum absolute atomic E-state index is 12.9. The number of thiazole rings is 2. The Balaban J connectivity index is 1.39. The van der Waals surface area contributed by atoms with Crippen molar-refractivity contribution >= 4 is 28.6 Å². The van der Waals surface area contributed by atoms with Gasteiger partial charge in [-0.15, -0.1) is 22.7 Å². The molecule has 0 bridgehead atoms. The van der Waals surface area contributed by atoms with Crippen LogP contribution in [0.25, 0.3) is 10.6 Å². The van der Waals surface area contributed by atoms with Crippen LogP contribution in [-0.2, 0) is 6.54 Å². The van der Waals surface area contributed by atoms with E-state index < -0.39 is 0 Å². The Bertz CT molecular complexity index is 908. The van der Waals surface area contributed by atoms with Crippen LogP contribution >= 0.6 is 22.7 Å². The Labute approximate surface area is 166 Å². The zero-order chi connectivity index (χ0) is 18.6. The Morgan fingerprint density at radius 1 is 1.07 bits per heavy atom. The van der Waals surface area contributed by atoms with E-state index >= 15 is 0 Å². The molecule has 27 heavy (non-hydrogen) atoms. The molecular formula is C19H21N5OS2. The predicted molar refractivity (Wildman–Crippen MR) is 108 cm³/mol. The maximum Gasteiger partial charge on any atom is 0.273 e. The van der Waals surface area contributed by atoms with Crippen molar-refractivity contribution < 1.29 is 4.79 Å². The second-order valence-electron chi connectivity index (χ2n) is 6.55. The van der Waals surface area contributed by atoms with Crippen molar-refractivity contribution in [3.05, 3.63) is 51.7 Å². The molecule has 0 saturated carbocycles. The summed E-state index contributed by atoms with van der Waals surface area (Å²) in [6.45, 7) is 6.24. The van der Waals surface area contributed by atoms with Crippen LogP contribution in [0.1, 0.15) is 27.6 Å². The molecule has 0 N–H and O–H groups in total. The molecule has 8 heteroatoms. The third-order valence-corrected chi connectivity index (χ3v) is 6.29. The van der Waals surface area contributed by atoms with Crippen molar-refractivity contribution in [1.29, 1.82) is 0 Å². The molecule has 0 spiro atoms. The first-order valence-electron chi connectivity index (χ1n) is 8.97. The Kier molecular flexibility index (Phi) is 5.56. The van der Waals surface area contributed by atoms with E-state index in [1.165, 1.54) is 11.3 Å². The molecule has 6 nitrogen and oxygen atoms in total. The second kappa shape index (κ2) is 8.24. The van der Waals surface area contributed by atoms with Crippen LogP contribution in [0.15, 0.2) is 35.3 Å². The van der Waals surface area contributed by atoms with E-state index in [1.807, 2.05) is 29.3 Å². The van der Waals surface area contributed by atoms with Crippen LogP contribution in [0.4, 0.5) is 0 Å². The lowest BCUT2D eigenvalue weighted by Gasteiger charge is -2.20. The number of nitrogens with zero attached hydrogens (tertiary/aromatic N) is 5. The van der Waals surface area contributed by atoms with E-state index in [9.17, 15) is 4.79 Å². The van der Waals surface area contributed by atoms with E-state index in [1.54, 1.807) is 23.7 Å². The van der Waals surface area contributed by atoms with Gasteiger partial charge in [-0.25, -0.2) is 9.97 Å². The van der Waals surface area contributed by atoms with Gasteiger partial charge in [0.05, 0.1) is 10.7 Å². The zero-order valence-electron chi connectivity index (χ0n) is 15.2. The molecule has 1 saturated heterocycles. The van der Waals surface area contributed by atoms with E-state index in [0.29, 0.717) is 5.69 Å². The summed E-state index contributed by atoms with van der Waals surface area (Å²) in [5.74, 6) is 0.0258. The largest absolute Gasteiger partial charge is 0.336 e. The third-order valence-electron chi connectivity index (χ3n) is 4.58. The number of carbonyl (C=O) groups excluding carboxylic acids is 1. The van der Waals surface area contributed by atoms with Gasteiger partial charge in [-0.3, -0.25) is 14.7 Å². The van der Waals surface area contributed by atoms with Gasteiger partial charge in [0, 0.05) is 61.4 Å².